The third-order valence-electron chi connectivity index (χ3n) is 4.30. The molecule has 0 unspecified atom stereocenters. The molecule has 4 rings (SSSR count). The highest BCUT2D eigenvalue weighted by molar-refractivity contribution is 5.97. The smallest absolute Gasteiger partial charge is 0.163 e. The maximum atomic E-state index is 13.7. The van der Waals surface area contributed by atoms with Crippen LogP contribution in [0.3, 0.4) is 0 Å². The predicted octanol–water partition coefficient (Wildman–Crippen LogP) is 4.33. The number of hydrogen-bond donors (Lipinski definition) is 1. The first-order valence-corrected chi connectivity index (χ1v) is 8.89. The first kappa shape index (κ1) is 17.8. The Labute approximate surface area is 161 Å². The Kier molecular flexibility index (Phi) is 4.80. The Bertz CT molecular complexity index is 1130. The molecule has 0 saturated heterocycles. The quantitative estimate of drug-likeness (QED) is 0.560. The van der Waals surface area contributed by atoms with Gasteiger partial charge in [0.2, 0.25) is 0 Å². The molecule has 0 aliphatic carbocycles. The SMILES string of the molecule is CCOc1cc(-c2cccc(F)c2)cc2c(NC)nc(-c3ccnnc3)nc12. The molecule has 0 aliphatic rings. The molecule has 0 amide bonds. The van der Waals surface area contributed by atoms with Crippen LogP contribution in [0.25, 0.3) is 33.4 Å². The molecule has 4 aromatic rings. The van der Waals surface area contributed by atoms with Gasteiger partial charge in [-0.15, -0.1) is 0 Å². The second-order valence-electron chi connectivity index (χ2n) is 6.09. The summed E-state index contributed by atoms with van der Waals surface area (Å²) in [5.41, 5.74) is 3.01. The first-order valence-electron chi connectivity index (χ1n) is 8.89. The van der Waals surface area contributed by atoms with Gasteiger partial charge in [-0.2, -0.15) is 10.2 Å². The second-order valence-corrected chi connectivity index (χ2v) is 6.09. The number of anilines is 1. The van der Waals surface area contributed by atoms with Crippen LogP contribution in [0.5, 0.6) is 5.75 Å². The molecule has 28 heavy (non-hydrogen) atoms. The van der Waals surface area contributed by atoms with Crippen LogP contribution in [0.2, 0.25) is 0 Å². The third kappa shape index (κ3) is 3.34. The minimum Gasteiger partial charge on any atom is -0.492 e. The summed E-state index contributed by atoms with van der Waals surface area (Å²) in [4.78, 5) is 9.33. The lowest BCUT2D eigenvalue weighted by Gasteiger charge is -2.14. The molecule has 7 heteroatoms. The number of fused-ring (bicyclic) bond motifs is 1. The number of halogens is 1. The van der Waals surface area contributed by atoms with Crippen LogP contribution in [0.15, 0.2) is 54.9 Å². The highest BCUT2D eigenvalue weighted by Gasteiger charge is 2.15. The molecule has 0 aliphatic heterocycles. The minimum atomic E-state index is -0.291. The maximum absolute atomic E-state index is 13.7. The van der Waals surface area contributed by atoms with E-state index >= 15 is 0 Å². The molecule has 1 N–H and O–H groups in total. The molecule has 0 radical (unpaired) electrons. The number of ether oxygens (including phenoxy) is 1. The van der Waals surface area contributed by atoms with E-state index in [1.807, 2.05) is 25.1 Å². The summed E-state index contributed by atoms with van der Waals surface area (Å²) in [6.45, 7) is 2.39. The third-order valence-corrected chi connectivity index (χ3v) is 4.30. The van der Waals surface area contributed by atoms with Gasteiger partial charge in [-0.05, 0) is 48.4 Å². The van der Waals surface area contributed by atoms with Crippen LogP contribution in [-0.4, -0.2) is 33.8 Å². The van der Waals surface area contributed by atoms with Crippen LogP contribution < -0.4 is 10.1 Å². The van der Waals surface area contributed by atoms with Gasteiger partial charge in [0.25, 0.3) is 0 Å². The second kappa shape index (κ2) is 7.56. The van der Waals surface area contributed by atoms with Gasteiger partial charge in [0, 0.05) is 18.0 Å². The number of nitrogens with one attached hydrogen (secondary N) is 1. The van der Waals surface area contributed by atoms with E-state index in [1.54, 1.807) is 31.6 Å². The van der Waals surface area contributed by atoms with Gasteiger partial charge in [0.15, 0.2) is 5.82 Å². The van der Waals surface area contributed by atoms with Gasteiger partial charge >= 0.3 is 0 Å². The molecule has 0 bridgehead atoms. The van der Waals surface area contributed by atoms with Crippen molar-refractivity contribution in [3.05, 3.63) is 60.7 Å². The maximum Gasteiger partial charge on any atom is 0.163 e. The van der Waals surface area contributed by atoms with Gasteiger partial charge in [-0.25, -0.2) is 14.4 Å². The van der Waals surface area contributed by atoms with E-state index < -0.39 is 0 Å². The zero-order valence-corrected chi connectivity index (χ0v) is 15.5. The van der Waals surface area contributed by atoms with Crippen molar-refractivity contribution in [3.63, 3.8) is 0 Å². The molecule has 2 aromatic heterocycles. The van der Waals surface area contributed by atoms with E-state index in [0.29, 0.717) is 29.5 Å². The monoisotopic (exact) mass is 375 g/mol. The zero-order valence-electron chi connectivity index (χ0n) is 15.5. The van der Waals surface area contributed by atoms with Crippen LogP contribution in [0.4, 0.5) is 10.2 Å². The van der Waals surface area contributed by atoms with Crippen molar-refractivity contribution in [2.75, 3.05) is 19.0 Å². The number of hydrogen-bond acceptors (Lipinski definition) is 6. The van der Waals surface area contributed by atoms with E-state index in [2.05, 4.69) is 20.5 Å². The molecular weight excluding hydrogens is 357 g/mol. The number of nitrogens with zero attached hydrogens (tertiary/aromatic N) is 4. The molecule has 0 atom stereocenters. The van der Waals surface area contributed by atoms with Crippen LogP contribution in [0.1, 0.15) is 6.92 Å². The molecule has 0 fully saturated rings. The van der Waals surface area contributed by atoms with Crippen LogP contribution in [0, 0.1) is 5.82 Å². The molecule has 6 nitrogen and oxygen atoms in total. The number of rotatable bonds is 5. The summed E-state index contributed by atoms with van der Waals surface area (Å²) in [6.07, 6.45) is 3.21. The zero-order chi connectivity index (χ0) is 19.5. The van der Waals surface area contributed by atoms with Gasteiger partial charge in [0.1, 0.15) is 22.9 Å². The summed E-state index contributed by atoms with van der Waals surface area (Å²) in [5.74, 6) is 1.49. The van der Waals surface area contributed by atoms with Gasteiger partial charge in [-0.3, -0.25) is 0 Å². The number of benzene rings is 2. The molecule has 140 valence electrons. The summed E-state index contributed by atoms with van der Waals surface area (Å²) >= 11 is 0. The normalized spacial score (nSPS) is 10.8. The largest absolute Gasteiger partial charge is 0.492 e. The number of aromatic nitrogens is 4. The van der Waals surface area contributed by atoms with Gasteiger partial charge < -0.3 is 10.1 Å². The van der Waals surface area contributed by atoms with Crippen molar-refractivity contribution < 1.29 is 9.13 Å². The fourth-order valence-corrected chi connectivity index (χ4v) is 3.04. The Balaban J connectivity index is 1.98. The van der Waals surface area contributed by atoms with Crippen molar-refractivity contribution in [2.24, 2.45) is 0 Å². The Morgan fingerprint density at radius 3 is 2.61 bits per heavy atom. The minimum absolute atomic E-state index is 0.291. The van der Waals surface area contributed by atoms with E-state index in [9.17, 15) is 4.39 Å². The Morgan fingerprint density at radius 1 is 1.00 bits per heavy atom. The van der Waals surface area contributed by atoms with Gasteiger partial charge in [0.05, 0.1) is 19.0 Å². The molecule has 2 heterocycles. The van der Waals surface area contributed by atoms with Gasteiger partial charge in [-0.1, -0.05) is 12.1 Å². The molecule has 2 aromatic carbocycles. The average molecular weight is 375 g/mol. The van der Waals surface area contributed by atoms with E-state index in [0.717, 1.165) is 22.1 Å². The van der Waals surface area contributed by atoms with Crippen LogP contribution >= 0.6 is 0 Å². The predicted molar refractivity (Wildman–Crippen MR) is 107 cm³/mol. The first-order chi connectivity index (χ1) is 13.7. The van der Waals surface area contributed by atoms with Crippen LogP contribution in [-0.2, 0) is 0 Å². The summed E-state index contributed by atoms with van der Waals surface area (Å²) in [7, 11) is 1.80. The van der Waals surface area contributed by atoms with E-state index in [4.69, 9.17) is 9.72 Å². The fourth-order valence-electron chi connectivity index (χ4n) is 3.04. The van der Waals surface area contributed by atoms with Crippen molar-refractivity contribution >= 4 is 16.7 Å². The highest BCUT2D eigenvalue weighted by atomic mass is 19.1. The fraction of sp³-hybridized carbons (Fsp3) is 0.143. The lowest BCUT2D eigenvalue weighted by molar-refractivity contribution is 0.344. The Morgan fingerprint density at radius 2 is 1.89 bits per heavy atom. The van der Waals surface area contributed by atoms with E-state index in [1.165, 1.54) is 12.1 Å². The van der Waals surface area contributed by atoms with E-state index in [-0.39, 0.29) is 5.82 Å². The molecule has 0 saturated carbocycles. The lowest BCUT2D eigenvalue weighted by Crippen LogP contribution is -2.02. The molecular formula is C21H18FN5O. The average Bonchev–Trinajstić information content (AvgIpc) is 2.73. The Hall–Kier alpha value is -3.61. The van der Waals surface area contributed by atoms with Crippen molar-refractivity contribution in [3.8, 4) is 28.3 Å². The topological polar surface area (TPSA) is 72.8 Å². The summed E-state index contributed by atoms with van der Waals surface area (Å²) in [5, 5.41) is 11.6. The van der Waals surface area contributed by atoms with Crippen molar-refractivity contribution in [2.45, 2.75) is 6.92 Å². The van der Waals surface area contributed by atoms with Crippen molar-refractivity contribution in [1.82, 2.24) is 20.2 Å². The highest BCUT2D eigenvalue weighted by Crippen LogP contribution is 2.36. The standard InChI is InChI=1S/C21H18FN5O/c1-3-28-18-11-15(13-5-4-6-16(22)9-13)10-17-19(18)26-20(27-21(17)23-2)14-7-8-24-25-12-14/h4-12H,3H2,1-2H3,(H,23,26,27). The molecule has 0 spiro atoms. The summed E-state index contributed by atoms with van der Waals surface area (Å²) < 4.78 is 19.6. The summed E-state index contributed by atoms with van der Waals surface area (Å²) in [6, 6.07) is 12.1. The lowest BCUT2D eigenvalue weighted by atomic mass is 10.0. The van der Waals surface area contributed by atoms with Crippen molar-refractivity contribution in [1.29, 1.82) is 0 Å².